The summed E-state index contributed by atoms with van der Waals surface area (Å²) in [6.07, 6.45) is 4.42. The zero-order chi connectivity index (χ0) is 21.0. The summed E-state index contributed by atoms with van der Waals surface area (Å²) in [6.45, 7) is 6.56. The van der Waals surface area contributed by atoms with Crippen molar-refractivity contribution in [1.82, 2.24) is 9.55 Å². The summed E-state index contributed by atoms with van der Waals surface area (Å²) in [5, 5.41) is 2.89. The van der Waals surface area contributed by atoms with Crippen molar-refractivity contribution in [3.05, 3.63) is 83.4 Å². The molecule has 1 heterocycles. The number of aromatic nitrogens is 2. The van der Waals surface area contributed by atoms with Crippen LogP contribution in [-0.4, -0.2) is 21.2 Å². The van der Waals surface area contributed by atoms with Crippen molar-refractivity contribution >= 4 is 17.4 Å². The Labute approximate surface area is 171 Å². The van der Waals surface area contributed by atoms with Gasteiger partial charge in [-0.05, 0) is 47.2 Å². The molecule has 1 N–H and O–H groups in total. The molecule has 0 fully saturated rings. The maximum absolute atomic E-state index is 12.4. The summed E-state index contributed by atoms with van der Waals surface area (Å²) in [6, 6.07) is 15.3. The minimum Gasteiger partial charge on any atom is -0.331 e. The molecular weight excluding hydrogens is 362 g/mol. The van der Waals surface area contributed by atoms with Crippen LogP contribution in [0.5, 0.6) is 0 Å². The van der Waals surface area contributed by atoms with Gasteiger partial charge in [-0.2, -0.15) is 0 Å². The van der Waals surface area contributed by atoms with E-state index in [1.807, 2.05) is 0 Å². The lowest BCUT2D eigenvalue weighted by Gasteiger charge is -2.19. The van der Waals surface area contributed by atoms with Crippen LogP contribution in [0.4, 0.5) is 5.69 Å². The van der Waals surface area contributed by atoms with Gasteiger partial charge in [0.15, 0.2) is 5.82 Å². The largest absolute Gasteiger partial charge is 0.331 e. The third kappa shape index (κ3) is 5.19. The highest BCUT2D eigenvalue weighted by Gasteiger charge is 2.14. The second-order valence-corrected chi connectivity index (χ2v) is 8.26. The van der Waals surface area contributed by atoms with Gasteiger partial charge in [-0.25, -0.2) is 4.98 Å². The first-order chi connectivity index (χ1) is 13.7. The van der Waals surface area contributed by atoms with E-state index in [-0.39, 0.29) is 17.1 Å². The number of hydrogen-bond acceptors (Lipinski definition) is 3. The number of hydrogen-bond donors (Lipinski definition) is 1. The van der Waals surface area contributed by atoms with Crippen molar-refractivity contribution in [2.24, 2.45) is 7.05 Å². The van der Waals surface area contributed by atoms with Gasteiger partial charge in [0.25, 0.3) is 0 Å². The lowest BCUT2D eigenvalue weighted by Crippen LogP contribution is -2.13. The Hall–Kier alpha value is -3.21. The lowest BCUT2D eigenvalue weighted by atomic mass is 9.86. The van der Waals surface area contributed by atoms with Crippen LogP contribution in [0, 0.1) is 0 Å². The number of nitrogens with zero attached hydrogens (tertiary/aromatic N) is 2. The number of ketones is 1. The summed E-state index contributed by atoms with van der Waals surface area (Å²) in [5.74, 6) is 0.196. The minimum atomic E-state index is -0.144. The van der Waals surface area contributed by atoms with Crippen molar-refractivity contribution in [3.8, 4) is 0 Å². The van der Waals surface area contributed by atoms with E-state index < -0.39 is 0 Å². The molecule has 1 amide bonds. The quantitative estimate of drug-likeness (QED) is 0.631. The first-order valence-electron chi connectivity index (χ1n) is 9.75. The highest BCUT2D eigenvalue weighted by atomic mass is 16.1. The molecule has 0 bridgehead atoms. The number of carbonyl (C=O) groups is 2. The maximum atomic E-state index is 12.4. The molecule has 0 aliphatic rings. The van der Waals surface area contributed by atoms with Crippen LogP contribution in [0.15, 0.2) is 60.9 Å². The van der Waals surface area contributed by atoms with Crippen molar-refractivity contribution in [1.29, 1.82) is 0 Å². The van der Waals surface area contributed by atoms with Crippen LogP contribution < -0.4 is 5.32 Å². The normalized spacial score (nSPS) is 11.3. The standard InChI is InChI=1S/C24H27N3O2/c1-24(2,3)19-10-5-17(6-11-19)7-14-21(28)26-20-12-8-18(9-13-20)22(29)23-25-15-16-27(23)4/h5-6,8-13,15-16H,7,14H2,1-4H3,(H,26,28). The summed E-state index contributed by atoms with van der Waals surface area (Å²) in [5.41, 5.74) is 3.76. The number of imidazole rings is 1. The minimum absolute atomic E-state index is 0.0481. The van der Waals surface area contributed by atoms with E-state index in [0.717, 1.165) is 5.56 Å². The Bertz CT molecular complexity index is 994. The van der Waals surface area contributed by atoms with Gasteiger partial charge in [0.2, 0.25) is 11.7 Å². The summed E-state index contributed by atoms with van der Waals surface area (Å²) < 4.78 is 1.69. The van der Waals surface area contributed by atoms with Crippen molar-refractivity contribution in [2.75, 3.05) is 5.32 Å². The summed E-state index contributed by atoms with van der Waals surface area (Å²) in [7, 11) is 1.78. The van der Waals surface area contributed by atoms with Crippen molar-refractivity contribution < 1.29 is 9.59 Å². The van der Waals surface area contributed by atoms with Gasteiger partial charge in [0, 0.05) is 37.1 Å². The van der Waals surface area contributed by atoms with Crippen LogP contribution in [0.1, 0.15) is 54.5 Å². The Balaban J connectivity index is 1.54. The fraction of sp³-hybridized carbons (Fsp3) is 0.292. The van der Waals surface area contributed by atoms with Crippen molar-refractivity contribution in [2.45, 2.75) is 39.0 Å². The molecule has 0 atom stereocenters. The van der Waals surface area contributed by atoms with E-state index in [2.05, 4.69) is 55.3 Å². The van der Waals surface area contributed by atoms with E-state index in [1.54, 1.807) is 48.3 Å². The fourth-order valence-corrected chi connectivity index (χ4v) is 3.07. The molecule has 1 aromatic heterocycles. The van der Waals surface area contributed by atoms with Crippen LogP contribution in [0.3, 0.4) is 0 Å². The number of aryl methyl sites for hydroxylation is 2. The molecule has 2 aromatic carbocycles. The Morgan fingerprint density at radius 1 is 1.00 bits per heavy atom. The van der Waals surface area contributed by atoms with Crippen LogP contribution in [0.25, 0.3) is 0 Å². The molecule has 0 unspecified atom stereocenters. The highest BCUT2D eigenvalue weighted by molar-refractivity contribution is 6.07. The molecule has 0 aliphatic heterocycles. The smallest absolute Gasteiger partial charge is 0.228 e. The monoisotopic (exact) mass is 389 g/mol. The molecule has 0 spiro atoms. The topological polar surface area (TPSA) is 64.0 Å². The first kappa shape index (κ1) is 20.5. The second-order valence-electron chi connectivity index (χ2n) is 8.26. The van der Waals surface area contributed by atoms with Crippen LogP contribution in [-0.2, 0) is 23.7 Å². The fourth-order valence-electron chi connectivity index (χ4n) is 3.07. The van der Waals surface area contributed by atoms with E-state index in [4.69, 9.17) is 0 Å². The maximum Gasteiger partial charge on any atom is 0.228 e. The number of benzene rings is 2. The molecule has 29 heavy (non-hydrogen) atoms. The molecule has 0 saturated carbocycles. The lowest BCUT2D eigenvalue weighted by molar-refractivity contribution is -0.116. The number of amides is 1. The number of rotatable bonds is 6. The van der Waals surface area contributed by atoms with E-state index >= 15 is 0 Å². The zero-order valence-corrected chi connectivity index (χ0v) is 17.4. The van der Waals surface area contributed by atoms with Gasteiger partial charge in [-0.1, -0.05) is 45.0 Å². The van der Waals surface area contributed by atoms with Gasteiger partial charge < -0.3 is 9.88 Å². The second kappa shape index (κ2) is 8.43. The predicted molar refractivity (Wildman–Crippen MR) is 115 cm³/mol. The summed E-state index contributed by atoms with van der Waals surface area (Å²) in [4.78, 5) is 28.8. The molecular formula is C24H27N3O2. The van der Waals surface area contributed by atoms with Gasteiger partial charge in [0.1, 0.15) is 0 Å². The molecule has 5 nitrogen and oxygen atoms in total. The average Bonchev–Trinajstić information content (AvgIpc) is 3.12. The zero-order valence-electron chi connectivity index (χ0n) is 17.4. The molecule has 0 saturated heterocycles. The molecule has 0 radical (unpaired) electrons. The van der Waals surface area contributed by atoms with Gasteiger partial charge in [-0.3, -0.25) is 9.59 Å². The molecule has 3 rings (SSSR count). The van der Waals surface area contributed by atoms with Crippen LogP contribution >= 0.6 is 0 Å². The van der Waals surface area contributed by atoms with Gasteiger partial charge in [-0.15, -0.1) is 0 Å². The Morgan fingerprint density at radius 2 is 1.66 bits per heavy atom. The third-order valence-electron chi connectivity index (χ3n) is 4.92. The molecule has 150 valence electrons. The number of carbonyl (C=O) groups excluding carboxylic acids is 2. The molecule has 5 heteroatoms. The SMILES string of the molecule is Cn1ccnc1C(=O)c1ccc(NC(=O)CCc2ccc(C(C)(C)C)cc2)cc1. The summed E-state index contributed by atoms with van der Waals surface area (Å²) >= 11 is 0. The van der Waals surface area contributed by atoms with Crippen molar-refractivity contribution in [3.63, 3.8) is 0 Å². The number of anilines is 1. The van der Waals surface area contributed by atoms with E-state index in [1.165, 1.54) is 5.56 Å². The first-order valence-corrected chi connectivity index (χ1v) is 9.75. The molecule has 3 aromatic rings. The van der Waals surface area contributed by atoms with Crippen LogP contribution in [0.2, 0.25) is 0 Å². The Morgan fingerprint density at radius 3 is 2.21 bits per heavy atom. The highest BCUT2D eigenvalue weighted by Crippen LogP contribution is 2.22. The predicted octanol–water partition coefficient (Wildman–Crippen LogP) is 4.52. The third-order valence-corrected chi connectivity index (χ3v) is 4.92. The van der Waals surface area contributed by atoms with Gasteiger partial charge in [0.05, 0.1) is 0 Å². The average molecular weight is 389 g/mol. The van der Waals surface area contributed by atoms with E-state index in [9.17, 15) is 9.59 Å². The molecule has 0 aliphatic carbocycles. The van der Waals surface area contributed by atoms with Gasteiger partial charge >= 0.3 is 0 Å². The Kier molecular flexibility index (Phi) is 5.97. The number of nitrogens with one attached hydrogen (secondary N) is 1. The van der Waals surface area contributed by atoms with E-state index in [0.29, 0.717) is 29.9 Å².